The zero-order valence-corrected chi connectivity index (χ0v) is 17.9. The fourth-order valence-corrected chi connectivity index (χ4v) is 3.29. The number of benzene rings is 3. The van der Waals surface area contributed by atoms with E-state index >= 15 is 0 Å². The molecular weight excluding hydrogens is 447 g/mol. The summed E-state index contributed by atoms with van der Waals surface area (Å²) in [5.74, 6) is -0.259. The quantitative estimate of drug-likeness (QED) is 0.420. The summed E-state index contributed by atoms with van der Waals surface area (Å²) in [4.78, 5) is 17.3. The fraction of sp³-hybridized carbons (Fsp3) is 0.0870. The molecule has 0 spiro atoms. The monoisotopic (exact) mass is 464 g/mol. The Morgan fingerprint density at radius 3 is 2.40 bits per heavy atom. The number of anilines is 1. The Morgan fingerprint density at radius 2 is 1.70 bits per heavy atom. The lowest BCUT2D eigenvalue weighted by Gasteiger charge is -2.10. The summed E-state index contributed by atoms with van der Waals surface area (Å²) in [6.07, 6.45) is 0. The normalized spacial score (nSPS) is 10.8. The first-order chi connectivity index (χ1) is 14.4. The fourth-order valence-electron chi connectivity index (χ4n) is 3.03. The van der Waals surface area contributed by atoms with Crippen molar-refractivity contribution in [1.82, 2.24) is 14.8 Å². The van der Waals surface area contributed by atoms with Crippen molar-refractivity contribution >= 4 is 27.5 Å². The SMILES string of the molecule is Cc1ccc(C)c(-n2nc(C(=O)Nc3ccc(F)cc3)nc2-c2ccc(Br)cc2)c1. The number of nitrogens with zero attached hydrogens (tertiary/aromatic N) is 3. The van der Waals surface area contributed by atoms with Crippen LogP contribution in [0.2, 0.25) is 0 Å². The van der Waals surface area contributed by atoms with Crippen molar-refractivity contribution in [2.45, 2.75) is 13.8 Å². The van der Waals surface area contributed by atoms with Gasteiger partial charge in [0.25, 0.3) is 5.91 Å². The van der Waals surface area contributed by atoms with Crippen LogP contribution in [-0.2, 0) is 0 Å². The Kier molecular flexibility index (Phi) is 5.46. The van der Waals surface area contributed by atoms with Gasteiger partial charge in [-0.25, -0.2) is 14.1 Å². The van der Waals surface area contributed by atoms with Gasteiger partial charge in [-0.2, -0.15) is 0 Å². The molecule has 0 aliphatic rings. The third-order valence-corrected chi connectivity index (χ3v) is 5.14. The highest BCUT2D eigenvalue weighted by molar-refractivity contribution is 9.10. The van der Waals surface area contributed by atoms with Crippen molar-refractivity contribution in [3.05, 3.63) is 94.0 Å². The molecular formula is C23H18BrFN4O. The van der Waals surface area contributed by atoms with E-state index in [0.717, 1.165) is 26.9 Å². The molecule has 1 heterocycles. The summed E-state index contributed by atoms with van der Waals surface area (Å²) in [6.45, 7) is 3.99. The van der Waals surface area contributed by atoms with Crippen molar-refractivity contribution in [3.8, 4) is 17.1 Å². The number of amides is 1. The maximum Gasteiger partial charge on any atom is 0.295 e. The molecule has 150 valence electrons. The van der Waals surface area contributed by atoms with Crippen LogP contribution < -0.4 is 5.32 Å². The van der Waals surface area contributed by atoms with E-state index in [0.29, 0.717) is 11.5 Å². The number of halogens is 2. The molecule has 5 nitrogen and oxygen atoms in total. The first-order valence-electron chi connectivity index (χ1n) is 9.28. The first kappa shape index (κ1) is 20.0. The maximum atomic E-state index is 13.1. The highest BCUT2D eigenvalue weighted by atomic mass is 79.9. The standard InChI is InChI=1S/C23H18BrFN4O/c1-14-3-4-15(2)20(13-14)29-22(16-5-7-17(24)8-6-16)27-21(28-29)23(30)26-19-11-9-18(25)10-12-19/h3-13H,1-2H3,(H,26,30). The van der Waals surface area contributed by atoms with Gasteiger partial charge in [-0.05, 0) is 67.4 Å². The minimum Gasteiger partial charge on any atom is -0.319 e. The minimum absolute atomic E-state index is 0.0261. The van der Waals surface area contributed by atoms with Gasteiger partial charge in [-0.15, -0.1) is 5.10 Å². The summed E-state index contributed by atoms with van der Waals surface area (Å²) in [5, 5.41) is 7.22. The molecule has 0 saturated carbocycles. The van der Waals surface area contributed by atoms with E-state index in [2.05, 4.69) is 31.3 Å². The van der Waals surface area contributed by atoms with Crippen molar-refractivity contribution in [3.63, 3.8) is 0 Å². The summed E-state index contributed by atoms with van der Waals surface area (Å²) in [5.41, 5.74) is 4.22. The van der Waals surface area contributed by atoms with Gasteiger partial charge >= 0.3 is 0 Å². The summed E-state index contributed by atoms with van der Waals surface area (Å²) in [6, 6.07) is 19.2. The molecule has 0 bridgehead atoms. The van der Waals surface area contributed by atoms with E-state index in [1.807, 2.05) is 56.3 Å². The van der Waals surface area contributed by atoms with E-state index in [-0.39, 0.29) is 11.6 Å². The number of hydrogen-bond acceptors (Lipinski definition) is 3. The highest BCUT2D eigenvalue weighted by Gasteiger charge is 2.20. The lowest BCUT2D eigenvalue weighted by atomic mass is 10.1. The number of rotatable bonds is 4. The van der Waals surface area contributed by atoms with Gasteiger partial charge in [0.1, 0.15) is 5.82 Å². The van der Waals surface area contributed by atoms with E-state index in [1.165, 1.54) is 24.3 Å². The van der Waals surface area contributed by atoms with Gasteiger partial charge in [0.15, 0.2) is 5.82 Å². The average Bonchev–Trinajstić information content (AvgIpc) is 3.17. The van der Waals surface area contributed by atoms with Gasteiger partial charge in [-0.1, -0.05) is 40.2 Å². The molecule has 0 saturated heterocycles. The zero-order chi connectivity index (χ0) is 21.3. The third kappa shape index (κ3) is 4.16. The molecule has 0 fully saturated rings. The third-order valence-electron chi connectivity index (χ3n) is 4.61. The lowest BCUT2D eigenvalue weighted by molar-refractivity contribution is 0.101. The van der Waals surface area contributed by atoms with Crippen LogP contribution in [0.1, 0.15) is 21.7 Å². The molecule has 0 aliphatic carbocycles. The number of aromatic nitrogens is 3. The Bertz CT molecular complexity index is 1220. The molecule has 30 heavy (non-hydrogen) atoms. The number of carbonyl (C=O) groups excluding carboxylic acids is 1. The van der Waals surface area contributed by atoms with E-state index < -0.39 is 5.91 Å². The minimum atomic E-state index is -0.468. The van der Waals surface area contributed by atoms with Crippen LogP contribution in [-0.4, -0.2) is 20.7 Å². The van der Waals surface area contributed by atoms with Gasteiger partial charge in [0.2, 0.25) is 5.82 Å². The summed E-state index contributed by atoms with van der Waals surface area (Å²) >= 11 is 3.44. The second kappa shape index (κ2) is 8.20. The highest BCUT2D eigenvalue weighted by Crippen LogP contribution is 2.25. The molecule has 4 rings (SSSR count). The van der Waals surface area contributed by atoms with Crippen LogP contribution in [0.3, 0.4) is 0 Å². The van der Waals surface area contributed by atoms with Crippen molar-refractivity contribution in [2.75, 3.05) is 5.32 Å². The van der Waals surface area contributed by atoms with Gasteiger partial charge in [-0.3, -0.25) is 4.79 Å². The van der Waals surface area contributed by atoms with Crippen molar-refractivity contribution in [1.29, 1.82) is 0 Å². The van der Waals surface area contributed by atoms with Gasteiger partial charge < -0.3 is 5.32 Å². The van der Waals surface area contributed by atoms with Crippen LogP contribution in [0.5, 0.6) is 0 Å². The maximum absolute atomic E-state index is 13.1. The number of hydrogen-bond donors (Lipinski definition) is 1. The predicted molar refractivity (Wildman–Crippen MR) is 118 cm³/mol. The number of aryl methyl sites for hydroxylation is 2. The van der Waals surface area contributed by atoms with E-state index in [9.17, 15) is 9.18 Å². The molecule has 0 radical (unpaired) electrons. The van der Waals surface area contributed by atoms with Crippen LogP contribution in [0.25, 0.3) is 17.1 Å². The predicted octanol–water partition coefficient (Wildman–Crippen LogP) is 5.71. The smallest absolute Gasteiger partial charge is 0.295 e. The molecule has 0 atom stereocenters. The van der Waals surface area contributed by atoms with Crippen LogP contribution in [0.4, 0.5) is 10.1 Å². The Morgan fingerprint density at radius 1 is 1.00 bits per heavy atom. The molecule has 1 N–H and O–H groups in total. The van der Waals surface area contributed by atoms with Crippen LogP contribution in [0.15, 0.2) is 71.2 Å². The molecule has 1 amide bonds. The largest absolute Gasteiger partial charge is 0.319 e. The molecule has 4 aromatic rings. The van der Waals surface area contributed by atoms with E-state index in [4.69, 9.17) is 0 Å². The van der Waals surface area contributed by atoms with Crippen LogP contribution >= 0.6 is 15.9 Å². The van der Waals surface area contributed by atoms with E-state index in [1.54, 1.807) is 4.68 Å². The molecule has 0 unspecified atom stereocenters. The second-order valence-electron chi connectivity index (χ2n) is 6.93. The number of carbonyl (C=O) groups is 1. The Hall–Kier alpha value is -3.32. The van der Waals surface area contributed by atoms with Gasteiger partial charge in [0, 0.05) is 15.7 Å². The number of nitrogens with one attached hydrogen (secondary N) is 1. The second-order valence-corrected chi connectivity index (χ2v) is 7.84. The average molecular weight is 465 g/mol. The van der Waals surface area contributed by atoms with Gasteiger partial charge in [0.05, 0.1) is 5.69 Å². The van der Waals surface area contributed by atoms with Crippen molar-refractivity contribution in [2.24, 2.45) is 0 Å². The van der Waals surface area contributed by atoms with Crippen LogP contribution in [0, 0.1) is 19.7 Å². The Labute approximate surface area is 181 Å². The molecule has 7 heteroatoms. The molecule has 0 aliphatic heterocycles. The summed E-state index contributed by atoms with van der Waals surface area (Å²) in [7, 11) is 0. The van der Waals surface area contributed by atoms with Crippen molar-refractivity contribution < 1.29 is 9.18 Å². The Balaban J connectivity index is 1.79. The topological polar surface area (TPSA) is 59.8 Å². The lowest BCUT2D eigenvalue weighted by Crippen LogP contribution is -2.14. The first-order valence-corrected chi connectivity index (χ1v) is 10.1. The zero-order valence-electron chi connectivity index (χ0n) is 16.4. The molecule has 3 aromatic carbocycles. The molecule has 1 aromatic heterocycles. The summed E-state index contributed by atoms with van der Waals surface area (Å²) < 4.78 is 15.8.